The largest absolute Gasteiger partial charge is 0.488 e. The van der Waals surface area contributed by atoms with Crippen molar-refractivity contribution in [3.8, 4) is 23.0 Å². The zero-order valence-electron chi connectivity index (χ0n) is 37.0. The summed E-state index contributed by atoms with van der Waals surface area (Å²) in [5, 5.41) is 0. The normalized spacial score (nSPS) is 16.4. The van der Waals surface area contributed by atoms with Crippen LogP contribution in [0.4, 0.5) is 0 Å². The van der Waals surface area contributed by atoms with Crippen molar-refractivity contribution in [2.45, 2.75) is 156 Å². The van der Waals surface area contributed by atoms with Gasteiger partial charge in [0.15, 0.2) is 0 Å². The molecule has 1 fully saturated rings. The molecule has 1 saturated carbocycles. The summed E-state index contributed by atoms with van der Waals surface area (Å²) >= 11 is 0. The van der Waals surface area contributed by atoms with Crippen molar-refractivity contribution < 1.29 is 28.5 Å². The zero-order valence-corrected chi connectivity index (χ0v) is 37.0. The first-order valence-corrected chi connectivity index (χ1v) is 21.8. The molecule has 0 N–H and O–H groups in total. The predicted octanol–water partition coefficient (Wildman–Crippen LogP) is 13.4. The highest BCUT2D eigenvalue weighted by Crippen LogP contribution is 2.47. The monoisotopic (exact) mass is 789 g/mol. The number of hydrogen-bond acceptors (Lipinski definition) is 6. The van der Waals surface area contributed by atoms with E-state index in [4.69, 9.17) is 18.9 Å². The smallest absolute Gasteiger partial charge is 0.321 e. The first-order chi connectivity index (χ1) is 27.6. The molecule has 1 aliphatic carbocycles. The molecule has 6 heteroatoms. The number of benzene rings is 4. The van der Waals surface area contributed by atoms with E-state index in [1.165, 1.54) is 30.4 Å². The summed E-state index contributed by atoms with van der Waals surface area (Å²) in [6, 6.07) is 32.7. The molecule has 4 aromatic rings. The van der Waals surface area contributed by atoms with E-state index in [1.54, 1.807) is 0 Å². The lowest BCUT2D eigenvalue weighted by Gasteiger charge is -2.43. The summed E-state index contributed by atoms with van der Waals surface area (Å²) in [5.74, 6) is 2.19. The lowest BCUT2D eigenvalue weighted by Crippen LogP contribution is -2.54. The highest BCUT2D eigenvalue weighted by Gasteiger charge is 2.51. The standard InChI is InChI=1S/C52H68O6/c1-11-48(6,7)46(53)55-42-27-19-38(20-28-42)37-39-21-29-45(30-22-39)58-51(10,15-5)50(9,14-4)47(54)56-43-31-23-40(24-32-43)52(35-17-16-18-36-52)41-25-33-44(34-26-41)57-49(8,12-2)13-3/h19-34H,11-18,35-37H2,1-10H3. The molecule has 2 unspecified atom stereocenters. The predicted molar refractivity (Wildman–Crippen MR) is 235 cm³/mol. The van der Waals surface area contributed by atoms with E-state index in [0.29, 0.717) is 36.5 Å². The third kappa shape index (κ3) is 9.81. The summed E-state index contributed by atoms with van der Waals surface area (Å²) in [6.45, 7) is 20.4. The average Bonchev–Trinajstić information content (AvgIpc) is 3.25. The van der Waals surface area contributed by atoms with Gasteiger partial charge in [0.05, 0.1) is 5.41 Å². The van der Waals surface area contributed by atoms with Gasteiger partial charge in [-0.2, -0.15) is 0 Å². The second-order valence-electron chi connectivity index (χ2n) is 17.8. The van der Waals surface area contributed by atoms with Gasteiger partial charge < -0.3 is 18.9 Å². The molecule has 0 bridgehead atoms. The number of rotatable bonds is 18. The van der Waals surface area contributed by atoms with Crippen LogP contribution < -0.4 is 18.9 Å². The fourth-order valence-corrected chi connectivity index (χ4v) is 8.03. The minimum absolute atomic E-state index is 0.0903. The highest BCUT2D eigenvalue weighted by atomic mass is 16.5. The fourth-order valence-electron chi connectivity index (χ4n) is 8.03. The molecule has 6 nitrogen and oxygen atoms in total. The van der Waals surface area contributed by atoms with Crippen LogP contribution in [0.15, 0.2) is 97.1 Å². The van der Waals surface area contributed by atoms with Crippen molar-refractivity contribution in [2.24, 2.45) is 10.8 Å². The molecule has 0 spiro atoms. The van der Waals surface area contributed by atoms with Crippen molar-refractivity contribution >= 4 is 11.9 Å². The maximum Gasteiger partial charge on any atom is 0.321 e. The molecule has 2 atom stereocenters. The van der Waals surface area contributed by atoms with Crippen LogP contribution in [0.1, 0.15) is 156 Å². The van der Waals surface area contributed by atoms with E-state index in [2.05, 4.69) is 76.2 Å². The topological polar surface area (TPSA) is 71.1 Å². The SMILES string of the molecule is CCC(C)(CC)Oc1ccc(C2(c3ccc(OC(=O)C(C)(CC)C(C)(CC)Oc4ccc(Cc5ccc(OC(=O)C(C)(C)CC)cc5)cc4)cc3)CCCCC2)cc1. The van der Waals surface area contributed by atoms with E-state index in [1.807, 2.05) is 90.1 Å². The van der Waals surface area contributed by atoms with Gasteiger partial charge in [0, 0.05) is 5.41 Å². The Morgan fingerprint density at radius 3 is 1.38 bits per heavy atom. The Bertz CT molecular complexity index is 1930. The Kier molecular flexibility index (Phi) is 14.2. The summed E-state index contributed by atoms with van der Waals surface area (Å²) in [7, 11) is 0. The van der Waals surface area contributed by atoms with Gasteiger partial charge >= 0.3 is 11.9 Å². The molecule has 5 rings (SSSR count). The maximum atomic E-state index is 14.2. The van der Waals surface area contributed by atoms with Crippen LogP contribution in [-0.4, -0.2) is 23.1 Å². The van der Waals surface area contributed by atoms with Crippen LogP contribution in [-0.2, 0) is 21.4 Å². The Labute approximate surface area is 349 Å². The Morgan fingerprint density at radius 1 is 0.500 bits per heavy atom. The number of hydrogen-bond donors (Lipinski definition) is 0. The summed E-state index contributed by atoms with van der Waals surface area (Å²) in [4.78, 5) is 26.7. The molecule has 58 heavy (non-hydrogen) atoms. The van der Waals surface area contributed by atoms with E-state index >= 15 is 0 Å². The molecule has 0 saturated heterocycles. The third-order valence-corrected chi connectivity index (χ3v) is 13.8. The van der Waals surface area contributed by atoms with Gasteiger partial charge in [-0.1, -0.05) is 102 Å². The number of carbonyl (C=O) groups excluding carboxylic acids is 2. The quantitative estimate of drug-likeness (QED) is 0.0739. The summed E-state index contributed by atoms with van der Waals surface area (Å²) in [6.07, 6.45) is 10.3. The van der Waals surface area contributed by atoms with E-state index < -0.39 is 16.4 Å². The molecule has 312 valence electrons. The lowest BCUT2D eigenvalue weighted by molar-refractivity contribution is -0.159. The molecule has 0 aliphatic heterocycles. The van der Waals surface area contributed by atoms with E-state index in [9.17, 15) is 9.59 Å². The van der Waals surface area contributed by atoms with Crippen molar-refractivity contribution in [1.29, 1.82) is 0 Å². The summed E-state index contributed by atoms with van der Waals surface area (Å²) in [5.41, 5.74) is 2.27. The average molecular weight is 789 g/mol. The minimum atomic E-state index is -0.920. The summed E-state index contributed by atoms with van der Waals surface area (Å²) < 4.78 is 24.9. The van der Waals surface area contributed by atoms with Crippen LogP contribution >= 0.6 is 0 Å². The van der Waals surface area contributed by atoms with Crippen LogP contribution in [0, 0.1) is 10.8 Å². The number of ether oxygens (including phenoxy) is 4. The van der Waals surface area contributed by atoms with Crippen LogP contribution in [0.5, 0.6) is 23.0 Å². The molecule has 1 aliphatic rings. The molecular formula is C52H68O6. The Hall–Kier alpha value is -4.58. The fraction of sp³-hybridized carbons (Fsp3) is 0.500. The number of esters is 2. The Balaban J connectivity index is 1.25. The van der Waals surface area contributed by atoms with Crippen molar-refractivity contribution in [2.75, 3.05) is 0 Å². The molecule has 0 amide bonds. The van der Waals surface area contributed by atoms with Crippen molar-refractivity contribution in [1.82, 2.24) is 0 Å². The molecule has 0 aromatic heterocycles. The van der Waals surface area contributed by atoms with Crippen LogP contribution in [0.25, 0.3) is 0 Å². The van der Waals surface area contributed by atoms with Crippen LogP contribution in [0.2, 0.25) is 0 Å². The highest BCUT2D eigenvalue weighted by molar-refractivity contribution is 5.80. The molecule has 0 heterocycles. The van der Waals surface area contributed by atoms with Gasteiger partial charge in [0.1, 0.15) is 39.6 Å². The van der Waals surface area contributed by atoms with Crippen LogP contribution in [0.3, 0.4) is 0 Å². The van der Waals surface area contributed by atoms with Gasteiger partial charge in [0.25, 0.3) is 0 Å². The van der Waals surface area contributed by atoms with Gasteiger partial charge in [-0.3, -0.25) is 9.59 Å². The van der Waals surface area contributed by atoms with Crippen molar-refractivity contribution in [3.63, 3.8) is 0 Å². The first-order valence-electron chi connectivity index (χ1n) is 21.8. The van der Waals surface area contributed by atoms with Gasteiger partial charge in [-0.05, 0) is 157 Å². The molecule has 4 aromatic carbocycles. The van der Waals surface area contributed by atoms with Crippen molar-refractivity contribution in [3.05, 3.63) is 119 Å². The second-order valence-corrected chi connectivity index (χ2v) is 17.8. The van der Waals surface area contributed by atoms with Gasteiger partial charge in [0.2, 0.25) is 0 Å². The van der Waals surface area contributed by atoms with E-state index in [-0.39, 0.29) is 23.0 Å². The molecular weight excluding hydrogens is 721 g/mol. The van der Waals surface area contributed by atoms with E-state index in [0.717, 1.165) is 49.0 Å². The second kappa shape index (κ2) is 18.6. The Morgan fingerprint density at radius 2 is 0.931 bits per heavy atom. The van der Waals surface area contributed by atoms with Gasteiger partial charge in [-0.25, -0.2) is 0 Å². The number of carbonyl (C=O) groups is 2. The third-order valence-electron chi connectivity index (χ3n) is 13.8. The molecule has 0 radical (unpaired) electrons. The lowest BCUT2D eigenvalue weighted by atomic mass is 9.65. The first kappa shape index (κ1) is 44.5. The maximum absolute atomic E-state index is 14.2. The van der Waals surface area contributed by atoms with Gasteiger partial charge in [-0.15, -0.1) is 0 Å². The minimum Gasteiger partial charge on any atom is -0.488 e. The zero-order chi connectivity index (χ0) is 42.2.